The summed E-state index contributed by atoms with van der Waals surface area (Å²) < 4.78 is 16.2. The van der Waals surface area contributed by atoms with Gasteiger partial charge in [-0.15, -0.1) is 11.3 Å². The molecule has 0 spiro atoms. The number of nitrogens with zero attached hydrogens (tertiary/aromatic N) is 2. The third-order valence-electron chi connectivity index (χ3n) is 5.87. The van der Waals surface area contributed by atoms with Gasteiger partial charge in [0.1, 0.15) is 5.75 Å². The van der Waals surface area contributed by atoms with E-state index in [1.807, 2.05) is 24.0 Å². The van der Waals surface area contributed by atoms with Crippen molar-refractivity contribution in [2.45, 2.75) is 51.9 Å². The number of hydrogen-bond acceptors (Lipinski definition) is 6. The number of benzene rings is 1. The molecule has 1 fully saturated rings. The zero-order chi connectivity index (χ0) is 23.5. The van der Waals surface area contributed by atoms with E-state index in [1.165, 1.54) is 5.01 Å². The Bertz CT molecular complexity index is 982. The Hall–Kier alpha value is -2.54. The predicted molar refractivity (Wildman–Crippen MR) is 129 cm³/mol. The molecule has 1 amide bonds. The van der Waals surface area contributed by atoms with Crippen molar-refractivity contribution in [1.29, 1.82) is 0 Å². The predicted octanol–water partition coefficient (Wildman–Crippen LogP) is 5.28. The maximum atomic E-state index is 13.1. The van der Waals surface area contributed by atoms with Crippen molar-refractivity contribution in [3.8, 4) is 17.2 Å². The summed E-state index contributed by atoms with van der Waals surface area (Å²) in [6, 6.07) is 3.60. The van der Waals surface area contributed by atoms with Crippen LogP contribution in [0, 0.1) is 0 Å². The quantitative estimate of drug-likeness (QED) is 0.552. The number of piperidine rings is 1. The second kappa shape index (κ2) is 9.94. The lowest BCUT2D eigenvalue weighted by Gasteiger charge is -2.31. The number of carbonyl (C=O) groups is 1. The first-order chi connectivity index (χ1) is 15.2. The van der Waals surface area contributed by atoms with Crippen molar-refractivity contribution >= 4 is 23.3 Å². The Labute approximate surface area is 195 Å². The van der Waals surface area contributed by atoms with Gasteiger partial charge >= 0.3 is 0 Å². The second-order valence-corrected chi connectivity index (χ2v) is 10.1. The van der Waals surface area contributed by atoms with Crippen LogP contribution in [0.5, 0.6) is 17.2 Å². The highest BCUT2D eigenvalue weighted by Crippen LogP contribution is 2.36. The van der Waals surface area contributed by atoms with Crippen molar-refractivity contribution in [2.75, 3.05) is 34.4 Å². The summed E-state index contributed by atoms with van der Waals surface area (Å²) in [4.78, 5) is 19.9. The van der Waals surface area contributed by atoms with Crippen LogP contribution in [0.15, 0.2) is 23.1 Å². The van der Waals surface area contributed by atoms with E-state index in [2.05, 4.69) is 26.2 Å². The van der Waals surface area contributed by atoms with E-state index in [0.29, 0.717) is 28.7 Å². The van der Waals surface area contributed by atoms with Crippen molar-refractivity contribution in [3.05, 3.63) is 39.4 Å². The van der Waals surface area contributed by atoms with Crippen LogP contribution in [0.3, 0.4) is 0 Å². The lowest BCUT2D eigenvalue weighted by molar-refractivity contribution is -0.128. The molecule has 1 aromatic heterocycles. The van der Waals surface area contributed by atoms with Gasteiger partial charge in [0, 0.05) is 47.0 Å². The van der Waals surface area contributed by atoms with Gasteiger partial charge in [0.2, 0.25) is 5.91 Å². The van der Waals surface area contributed by atoms with E-state index in [1.54, 1.807) is 38.7 Å². The molecule has 7 heteroatoms. The summed E-state index contributed by atoms with van der Waals surface area (Å²) in [6.07, 6.45) is 3.73. The molecule has 2 heterocycles. The fourth-order valence-electron chi connectivity index (χ4n) is 3.86. The topological polar surface area (TPSA) is 60.9 Å². The molecule has 1 saturated heterocycles. The first kappa shape index (κ1) is 24.1. The molecule has 1 aliphatic rings. The summed E-state index contributed by atoms with van der Waals surface area (Å²) in [5.74, 6) is 2.29. The first-order valence-electron chi connectivity index (χ1n) is 10.9. The second-order valence-electron chi connectivity index (χ2n) is 9.16. The molecule has 0 N–H and O–H groups in total. The number of likely N-dealkylation sites (tertiary alicyclic amines) is 1. The highest BCUT2D eigenvalue weighted by atomic mass is 32.1. The minimum Gasteiger partial charge on any atom is -0.496 e. The molecule has 0 unspecified atom stereocenters. The van der Waals surface area contributed by atoms with E-state index < -0.39 is 0 Å². The largest absolute Gasteiger partial charge is 0.496 e. The number of ether oxygens (including phenoxy) is 3. The maximum Gasteiger partial charge on any atom is 0.249 e. The summed E-state index contributed by atoms with van der Waals surface area (Å²) in [5, 5.41) is 3.38. The number of thiazole rings is 1. The fraction of sp³-hybridized carbons (Fsp3) is 0.520. The zero-order valence-corrected chi connectivity index (χ0v) is 21.0. The molecule has 3 rings (SSSR count). The van der Waals surface area contributed by atoms with Gasteiger partial charge in [-0.05, 0) is 31.9 Å². The van der Waals surface area contributed by atoms with E-state index in [4.69, 9.17) is 19.2 Å². The molecule has 0 bridgehead atoms. The molecule has 0 aliphatic carbocycles. The Morgan fingerprint density at radius 3 is 2.19 bits per heavy atom. The van der Waals surface area contributed by atoms with Gasteiger partial charge in [-0.3, -0.25) is 4.79 Å². The zero-order valence-electron chi connectivity index (χ0n) is 20.2. The Morgan fingerprint density at radius 2 is 1.66 bits per heavy atom. The summed E-state index contributed by atoms with van der Waals surface area (Å²) in [6.45, 7) is 9.90. The van der Waals surface area contributed by atoms with Crippen molar-refractivity contribution in [1.82, 2.24) is 9.88 Å². The van der Waals surface area contributed by atoms with Gasteiger partial charge in [0.25, 0.3) is 0 Å². The third-order valence-corrected chi connectivity index (χ3v) is 6.87. The molecule has 0 atom stereocenters. The van der Waals surface area contributed by atoms with Gasteiger partial charge in [-0.2, -0.15) is 0 Å². The van der Waals surface area contributed by atoms with Crippen LogP contribution in [-0.4, -0.2) is 50.2 Å². The molecular formula is C25H34N2O4S. The minimum absolute atomic E-state index is 0.0507. The third kappa shape index (κ3) is 5.26. The average molecular weight is 459 g/mol. The highest BCUT2D eigenvalue weighted by Gasteiger charge is 2.27. The number of rotatable bonds is 6. The minimum atomic E-state index is 0.0507. The molecule has 6 nitrogen and oxygen atoms in total. The number of aromatic nitrogens is 1. The fourth-order valence-corrected chi connectivity index (χ4v) is 5.08. The maximum absolute atomic E-state index is 13.1. The van der Waals surface area contributed by atoms with Gasteiger partial charge in [0.05, 0.1) is 32.0 Å². The normalized spacial score (nSPS) is 15.6. The van der Waals surface area contributed by atoms with E-state index in [0.717, 1.165) is 37.2 Å². The van der Waals surface area contributed by atoms with Crippen LogP contribution in [0.1, 0.15) is 62.7 Å². The van der Waals surface area contributed by atoms with Crippen molar-refractivity contribution in [2.24, 2.45) is 0 Å². The Morgan fingerprint density at radius 1 is 1.06 bits per heavy atom. The van der Waals surface area contributed by atoms with Crippen molar-refractivity contribution < 1.29 is 19.0 Å². The van der Waals surface area contributed by atoms with Crippen LogP contribution in [0.2, 0.25) is 0 Å². The van der Waals surface area contributed by atoms with E-state index in [-0.39, 0.29) is 11.3 Å². The van der Waals surface area contributed by atoms with Crippen LogP contribution in [0.25, 0.3) is 6.08 Å². The van der Waals surface area contributed by atoms with Gasteiger partial charge in [0.15, 0.2) is 11.5 Å². The smallest absolute Gasteiger partial charge is 0.249 e. The van der Waals surface area contributed by atoms with Crippen LogP contribution < -0.4 is 14.2 Å². The summed E-state index contributed by atoms with van der Waals surface area (Å²) >= 11 is 1.75. The lowest BCUT2D eigenvalue weighted by Crippen LogP contribution is -2.38. The monoisotopic (exact) mass is 458 g/mol. The molecule has 1 aliphatic heterocycles. The lowest BCUT2D eigenvalue weighted by atomic mass is 9.93. The van der Waals surface area contributed by atoms with Gasteiger partial charge < -0.3 is 19.1 Å². The number of amides is 1. The SMILES string of the molecule is COc1cc(OC)c(OC)cc1/C=C(\C)C(=O)N1CCC(c2nc(C(C)(C)C)cs2)CC1. The standard InChI is InChI=1S/C25H34N2O4S/c1-16(12-18-13-20(30-6)21(31-7)14-19(18)29-5)24(28)27-10-8-17(9-11-27)23-26-22(15-32-23)25(2,3)4/h12-15,17H,8-11H2,1-7H3/b16-12+. The molecule has 1 aromatic carbocycles. The van der Waals surface area contributed by atoms with Crippen LogP contribution >= 0.6 is 11.3 Å². The number of hydrogen-bond donors (Lipinski definition) is 0. The van der Waals surface area contributed by atoms with E-state index in [9.17, 15) is 4.79 Å². The number of carbonyl (C=O) groups excluding carboxylic acids is 1. The summed E-state index contributed by atoms with van der Waals surface area (Å²) in [5.41, 5.74) is 2.67. The highest BCUT2D eigenvalue weighted by molar-refractivity contribution is 7.09. The molecule has 0 radical (unpaired) electrons. The average Bonchev–Trinajstić information content (AvgIpc) is 3.29. The Kier molecular flexibility index (Phi) is 7.49. The Balaban J connectivity index is 1.70. The molecular weight excluding hydrogens is 424 g/mol. The van der Waals surface area contributed by atoms with Gasteiger partial charge in [-0.25, -0.2) is 4.98 Å². The molecule has 32 heavy (non-hydrogen) atoms. The van der Waals surface area contributed by atoms with Crippen LogP contribution in [-0.2, 0) is 10.2 Å². The number of methoxy groups -OCH3 is 3. The van der Waals surface area contributed by atoms with Crippen molar-refractivity contribution in [3.63, 3.8) is 0 Å². The first-order valence-corrected chi connectivity index (χ1v) is 11.8. The summed E-state index contributed by atoms with van der Waals surface area (Å²) in [7, 11) is 4.78. The molecule has 0 saturated carbocycles. The van der Waals surface area contributed by atoms with Crippen LogP contribution in [0.4, 0.5) is 0 Å². The van der Waals surface area contributed by atoms with E-state index >= 15 is 0 Å². The molecule has 174 valence electrons. The van der Waals surface area contributed by atoms with Gasteiger partial charge in [-0.1, -0.05) is 20.8 Å². The molecule has 2 aromatic rings.